The predicted octanol–water partition coefficient (Wildman–Crippen LogP) is 5.35. The van der Waals surface area contributed by atoms with Crippen molar-refractivity contribution in [1.29, 1.82) is 0 Å². The van der Waals surface area contributed by atoms with E-state index in [1.54, 1.807) is 6.20 Å². The van der Waals surface area contributed by atoms with Crippen molar-refractivity contribution in [2.24, 2.45) is 11.8 Å². The van der Waals surface area contributed by atoms with Crippen molar-refractivity contribution in [3.63, 3.8) is 0 Å². The average Bonchev–Trinajstić information content (AvgIpc) is 3.36. The van der Waals surface area contributed by atoms with Crippen molar-refractivity contribution in [1.82, 2.24) is 19.3 Å². The number of nitrogens with zero attached hydrogens (tertiary/aromatic N) is 4. The third-order valence-corrected chi connectivity index (χ3v) is 6.00. The Labute approximate surface area is 189 Å². The van der Waals surface area contributed by atoms with Gasteiger partial charge < -0.3 is 9.67 Å². The van der Waals surface area contributed by atoms with Gasteiger partial charge in [0.1, 0.15) is 5.82 Å². The van der Waals surface area contributed by atoms with Crippen molar-refractivity contribution in [2.45, 2.75) is 72.4 Å². The number of carbonyl (C=O) groups excluding carboxylic acids is 1. The number of ketones is 1. The Hall–Kier alpha value is -2.96. The lowest BCUT2D eigenvalue weighted by Crippen LogP contribution is -2.15. The molecule has 0 saturated carbocycles. The molecule has 0 saturated heterocycles. The number of imidazole rings is 1. The Kier molecular flexibility index (Phi) is 7.83. The third kappa shape index (κ3) is 5.64. The Morgan fingerprint density at radius 3 is 2.47 bits per heavy atom. The highest BCUT2D eigenvalue weighted by atomic mass is 16.4. The molecule has 172 valence electrons. The average molecular weight is 439 g/mol. The fourth-order valence-corrected chi connectivity index (χ4v) is 4.57. The van der Waals surface area contributed by atoms with E-state index in [-0.39, 0.29) is 24.5 Å². The van der Waals surface area contributed by atoms with Gasteiger partial charge in [0, 0.05) is 36.8 Å². The van der Waals surface area contributed by atoms with Crippen LogP contribution in [0.4, 0.5) is 0 Å². The number of carbonyl (C=O) groups is 2. The fraction of sp³-hybridized carbons (Fsp3) is 0.520. The summed E-state index contributed by atoms with van der Waals surface area (Å²) in [5.74, 6) is 0.226. The van der Waals surface area contributed by atoms with Gasteiger partial charge in [0.2, 0.25) is 0 Å². The summed E-state index contributed by atoms with van der Waals surface area (Å²) in [6.45, 7) is 9.02. The second-order valence-corrected chi connectivity index (χ2v) is 9.00. The lowest BCUT2D eigenvalue weighted by molar-refractivity contribution is -0.138. The zero-order chi connectivity index (χ0) is 23.3. The molecule has 1 N–H and O–H groups in total. The highest BCUT2D eigenvalue weighted by Crippen LogP contribution is 2.28. The Morgan fingerprint density at radius 2 is 1.88 bits per heavy atom. The zero-order valence-corrected chi connectivity index (χ0v) is 19.5. The van der Waals surface area contributed by atoms with Crippen LogP contribution in [0.15, 0.2) is 36.7 Å². The maximum absolute atomic E-state index is 13.0. The number of fused-ring (bicyclic) bond motifs is 1. The minimum absolute atomic E-state index is 0.0174. The van der Waals surface area contributed by atoms with Gasteiger partial charge in [-0.15, -0.1) is 0 Å². The van der Waals surface area contributed by atoms with Crippen LogP contribution in [0.2, 0.25) is 0 Å². The first-order chi connectivity index (χ1) is 15.3. The van der Waals surface area contributed by atoms with Gasteiger partial charge in [-0.05, 0) is 55.4 Å². The topological polar surface area (TPSA) is 90.0 Å². The van der Waals surface area contributed by atoms with Crippen molar-refractivity contribution >= 4 is 22.8 Å². The molecule has 1 atom stereocenters. The summed E-state index contributed by atoms with van der Waals surface area (Å²) in [4.78, 5) is 29.1. The first kappa shape index (κ1) is 23.7. The molecule has 0 fully saturated rings. The minimum atomic E-state index is -0.855. The molecule has 3 aromatic rings. The van der Waals surface area contributed by atoms with Gasteiger partial charge in [-0.25, -0.2) is 4.98 Å². The molecule has 3 rings (SSSR count). The van der Waals surface area contributed by atoms with Gasteiger partial charge in [-0.3, -0.25) is 14.3 Å². The van der Waals surface area contributed by atoms with E-state index in [4.69, 9.17) is 4.98 Å². The second kappa shape index (κ2) is 10.6. The standard InChI is InChI=1S/C25H34N4O3/c1-5-20(6-2)29-22-9-8-19(23(30)13-18(12-17(3)4)14-25(31)32)15-21(22)27-24(29)16-28-11-7-10-26-28/h7-11,15,17-18,20H,5-6,12-14,16H2,1-4H3,(H,31,32)/t18-/m1/s1. The van der Waals surface area contributed by atoms with Crippen molar-refractivity contribution in [3.05, 3.63) is 48.0 Å². The first-order valence-electron chi connectivity index (χ1n) is 11.6. The van der Waals surface area contributed by atoms with E-state index in [1.165, 1.54) is 0 Å². The molecule has 7 heteroatoms. The number of rotatable bonds is 12. The number of hydrogen-bond acceptors (Lipinski definition) is 4. The van der Waals surface area contributed by atoms with Crippen LogP contribution in [0.5, 0.6) is 0 Å². The van der Waals surface area contributed by atoms with Crippen LogP contribution in [-0.4, -0.2) is 36.2 Å². The van der Waals surface area contributed by atoms with Crippen molar-refractivity contribution < 1.29 is 14.7 Å². The number of carboxylic acids is 1. The summed E-state index contributed by atoms with van der Waals surface area (Å²) >= 11 is 0. The largest absolute Gasteiger partial charge is 0.481 e. The predicted molar refractivity (Wildman–Crippen MR) is 125 cm³/mol. The molecule has 1 aromatic carbocycles. The maximum Gasteiger partial charge on any atom is 0.303 e. The van der Waals surface area contributed by atoms with Gasteiger partial charge >= 0.3 is 5.97 Å². The molecular formula is C25H34N4O3. The summed E-state index contributed by atoms with van der Waals surface area (Å²) in [5, 5.41) is 13.5. The van der Waals surface area contributed by atoms with E-state index < -0.39 is 5.97 Å². The molecule has 0 spiro atoms. The van der Waals surface area contributed by atoms with Crippen LogP contribution in [0.1, 0.15) is 82.0 Å². The monoisotopic (exact) mass is 438 g/mol. The van der Waals surface area contributed by atoms with E-state index in [1.807, 2.05) is 35.1 Å². The van der Waals surface area contributed by atoms with Crippen LogP contribution in [-0.2, 0) is 11.3 Å². The first-order valence-corrected chi connectivity index (χ1v) is 11.6. The van der Waals surface area contributed by atoms with Crippen LogP contribution < -0.4 is 0 Å². The summed E-state index contributed by atoms with van der Waals surface area (Å²) in [6, 6.07) is 7.91. The molecule has 0 aliphatic heterocycles. The molecule has 0 radical (unpaired) electrons. The van der Waals surface area contributed by atoms with E-state index in [9.17, 15) is 14.7 Å². The number of aliphatic carboxylic acids is 1. The molecule has 0 bridgehead atoms. The molecule has 32 heavy (non-hydrogen) atoms. The minimum Gasteiger partial charge on any atom is -0.481 e. The molecule has 0 unspecified atom stereocenters. The van der Waals surface area contributed by atoms with Crippen LogP contribution in [0.3, 0.4) is 0 Å². The van der Waals surface area contributed by atoms with Crippen molar-refractivity contribution in [3.8, 4) is 0 Å². The summed E-state index contributed by atoms with van der Waals surface area (Å²) in [6.07, 6.45) is 6.63. The number of benzene rings is 1. The molecule has 0 aliphatic rings. The molecule has 0 aliphatic carbocycles. The quantitative estimate of drug-likeness (QED) is 0.385. The van der Waals surface area contributed by atoms with Gasteiger partial charge in [0.15, 0.2) is 5.78 Å². The molecule has 2 heterocycles. The highest BCUT2D eigenvalue weighted by molar-refractivity contribution is 5.99. The van der Waals surface area contributed by atoms with Gasteiger partial charge in [-0.1, -0.05) is 27.7 Å². The number of Topliss-reactive ketones (excluding diaryl/α,β-unsaturated/α-hetero) is 1. The number of carboxylic acid groups (broad SMARTS) is 1. The Balaban J connectivity index is 1.93. The summed E-state index contributed by atoms with van der Waals surface area (Å²) < 4.78 is 4.13. The van der Waals surface area contributed by atoms with Gasteiger partial charge in [0.05, 0.1) is 17.6 Å². The molecule has 2 aromatic heterocycles. The fourth-order valence-electron chi connectivity index (χ4n) is 4.57. The number of aromatic nitrogens is 4. The summed E-state index contributed by atoms with van der Waals surface area (Å²) in [7, 11) is 0. The molecule has 7 nitrogen and oxygen atoms in total. The lowest BCUT2D eigenvalue weighted by atomic mass is 9.88. The smallest absolute Gasteiger partial charge is 0.303 e. The van der Waals surface area contributed by atoms with Crippen molar-refractivity contribution in [2.75, 3.05) is 0 Å². The maximum atomic E-state index is 13.0. The van der Waals surface area contributed by atoms with E-state index in [0.717, 1.165) is 36.1 Å². The Morgan fingerprint density at radius 1 is 1.12 bits per heavy atom. The third-order valence-electron chi connectivity index (χ3n) is 6.00. The SMILES string of the molecule is CCC(CC)n1c(Cn2cccn2)nc2cc(C(=O)C[C@H](CC(=O)O)CC(C)C)ccc21. The molecular weight excluding hydrogens is 404 g/mol. The van der Waals surface area contributed by atoms with E-state index >= 15 is 0 Å². The Bertz CT molecular complexity index is 1050. The van der Waals surface area contributed by atoms with E-state index in [2.05, 4.69) is 37.4 Å². The van der Waals surface area contributed by atoms with Gasteiger partial charge in [0.25, 0.3) is 0 Å². The normalized spacial score (nSPS) is 12.7. The highest BCUT2D eigenvalue weighted by Gasteiger charge is 2.22. The number of hydrogen-bond donors (Lipinski definition) is 1. The summed E-state index contributed by atoms with van der Waals surface area (Å²) in [5.41, 5.74) is 2.40. The van der Waals surface area contributed by atoms with Crippen LogP contribution in [0.25, 0.3) is 11.0 Å². The lowest BCUT2D eigenvalue weighted by Gasteiger charge is -2.19. The molecule has 0 amide bonds. The van der Waals surface area contributed by atoms with Crippen LogP contribution >= 0.6 is 0 Å². The van der Waals surface area contributed by atoms with Crippen LogP contribution in [0, 0.1) is 11.8 Å². The van der Waals surface area contributed by atoms with E-state index in [0.29, 0.717) is 24.1 Å². The van der Waals surface area contributed by atoms with Gasteiger partial charge in [-0.2, -0.15) is 5.10 Å². The second-order valence-electron chi connectivity index (χ2n) is 9.00. The zero-order valence-electron chi connectivity index (χ0n) is 19.5.